The van der Waals surface area contributed by atoms with Crippen molar-refractivity contribution in [1.82, 2.24) is 5.32 Å². The van der Waals surface area contributed by atoms with Gasteiger partial charge in [-0.1, -0.05) is 39.0 Å². The summed E-state index contributed by atoms with van der Waals surface area (Å²) in [5, 5.41) is 3.39. The van der Waals surface area contributed by atoms with Gasteiger partial charge in [-0.3, -0.25) is 0 Å². The second-order valence-corrected chi connectivity index (χ2v) is 7.40. The van der Waals surface area contributed by atoms with E-state index in [-0.39, 0.29) is 6.04 Å². The molecule has 1 N–H and O–H groups in total. The molecule has 4 heteroatoms. The van der Waals surface area contributed by atoms with E-state index in [1.165, 1.54) is 38.5 Å². The van der Waals surface area contributed by atoms with Gasteiger partial charge in [0.05, 0.1) is 11.5 Å². The van der Waals surface area contributed by atoms with Gasteiger partial charge in [-0.05, 0) is 25.8 Å². The number of hydrogen-bond acceptors (Lipinski definition) is 3. The standard InChI is InChI=1S/C13H27NO2S/c1-2-3-4-5-6-7-10-14-13-9-8-11-17(15,16)12-13/h13-14H,2-12H2,1H3. The molecule has 1 rings (SSSR count). The highest BCUT2D eigenvalue weighted by atomic mass is 32.2. The first kappa shape index (κ1) is 15.0. The highest BCUT2D eigenvalue weighted by molar-refractivity contribution is 7.91. The molecule has 1 unspecified atom stereocenters. The molecule has 1 atom stereocenters. The van der Waals surface area contributed by atoms with Crippen LogP contribution in [0.2, 0.25) is 0 Å². The predicted molar refractivity (Wildman–Crippen MR) is 73.1 cm³/mol. The van der Waals surface area contributed by atoms with Crippen LogP contribution in [0.1, 0.15) is 58.3 Å². The summed E-state index contributed by atoms with van der Waals surface area (Å²) in [6.45, 7) is 3.21. The van der Waals surface area contributed by atoms with Gasteiger partial charge in [0, 0.05) is 6.04 Å². The zero-order chi connectivity index (χ0) is 12.6. The average Bonchev–Trinajstić information content (AvgIpc) is 2.27. The molecule has 0 aromatic carbocycles. The van der Waals surface area contributed by atoms with E-state index in [9.17, 15) is 8.42 Å². The molecule has 1 aliphatic heterocycles. The van der Waals surface area contributed by atoms with E-state index in [1.54, 1.807) is 0 Å². The molecule has 0 amide bonds. The lowest BCUT2D eigenvalue weighted by molar-refractivity contribution is 0.467. The van der Waals surface area contributed by atoms with Crippen LogP contribution in [-0.4, -0.2) is 32.5 Å². The van der Waals surface area contributed by atoms with Gasteiger partial charge in [-0.15, -0.1) is 0 Å². The molecular formula is C13H27NO2S. The van der Waals surface area contributed by atoms with E-state index in [4.69, 9.17) is 0 Å². The van der Waals surface area contributed by atoms with Crippen molar-refractivity contribution in [3.05, 3.63) is 0 Å². The highest BCUT2D eigenvalue weighted by Gasteiger charge is 2.23. The quantitative estimate of drug-likeness (QED) is 0.683. The molecule has 1 fully saturated rings. The SMILES string of the molecule is CCCCCCCCNC1CCCS(=O)(=O)C1. The Morgan fingerprint density at radius 3 is 2.53 bits per heavy atom. The Balaban J connectivity index is 1.99. The molecule has 0 spiro atoms. The van der Waals surface area contributed by atoms with Crippen molar-refractivity contribution >= 4 is 9.84 Å². The lowest BCUT2D eigenvalue weighted by atomic mass is 10.1. The van der Waals surface area contributed by atoms with E-state index in [1.807, 2.05) is 0 Å². The third-order valence-electron chi connectivity index (χ3n) is 3.43. The van der Waals surface area contributed by atoms with Crippen LogP contribution in [0, 0.1) is 0 Å². The van der Waals surface area contributed by atoms with Crippen LogP contribution in [0.5, 0.6) is 0 Å². The van der Waals surface area contributed by atoms with Crippen molar-refractivity contribution < 1.29 is 8.42 Å². The summed E-state index contributed by atoms with van der Waals surface area (Å²) in [5.74, 6) is 0.741. The minimum absolute atomic E-state index is 0.212. The van der Waals surface area contributed by atoms with Gasteiger partial charge < -0.3 is 5.32 Å². The summed E-state index contributed by atoms with van der Waals surface area (Å²) in [6, 6.07) is 0.212. The van der Waals surface area contributed by atoms with Crippen LogP contribution >= 0.6 is 0 Å². The molecule has 1 heterocycles. The zero-order valence-corrected chi connectivity index (χ0v) is 11.9. The van der Waals surface area contributed by atoms with E-state index < -0.39 is 9.84 Å². The van der Waals surface area contributed by atoms with Gasteiger partial charge in [0.1, 0.15) is 0 Å². The first-order valence-electron chi connectivity index (χ1n) is 7.08. The lowest BCUT2D eigenvalue weighted by Crippen LogP contribution is -2.40. The Morgan fingerprint density at radius 2 is 1.82 bits per heavy atom. The summed E-state index contributed by atoms with van der Waals surface area (Å²) in [5.41, 5.74) is 0. The predicted octanol–water partition coefficient (Wildman–Crippen LogP) is 2.51. The summed E-state index contributed by atoms with van der Waals surface area (Å²) in [4.78, 5) is 0. The summed E-state index contributed by atoms with van der Waals surface area (Å²) >= 11 is 0. The fourth-order valence-corrected chi connectivity index (χ4v) is 4.07. The van der Waals surface area contributed by atoms with Crippen molar-refractivity contribution in [3.63, 3.8) is 0 Å². The molecule has 17 heavy (non-hydrogen) atoms. The maximum Gasteiger partial charge on any atom is 0.151 e. The number of unbranched alkanes of at least 4 members (excludes halogenated alkanes) is 5. The Hall–Kier alpha value is -0.0900. The Labute approximate surface area is 106 Å². The maximum absolute atomic E-state index is 11.4. The molecule has 0 bridgehead atoms. The second-order valence-electron chi connectivity index (χ2n) is 5.18. The summed E-state index contributed by atoms with van der Waals surface area (Å²) in [6.07, 6.45) is 9.59. The number of nitrogens with one attached hydrogen (secondary N) is 1. The molecule has 0 radical (unpaired) electrons. The van der Waals surface area contributed by atoms with Crippen molar-refractivity contribution in [2.75, 3.05) is 18.1 Å². The highest BCUT2D eigenvalue weighted by Crippen LogP contribution is 2.12. The van der Waals surface area contributed by atoms with Crippen LogP contribution in [0.25, 0.3) is 0 Å². The van der Waals surface area contributed by atoms with Crippen LogP contribution in [0.4, 0.5) is 0 Å². The Kier molecular flexibility index (Phi) is 7.12. The molecule has 0 aromatic rings. The zero-order valence-electron chi connectivity index (χ0n) is 11.1. The van der Waals surface area contributed by atoms with E-state index in [0.29, 0.717) is 11.5 Å². The number of hydrogen-bond donors (Lipinski definition) is 1. The van der Waals surface area contributed by atoms with E-state index in [2.05, 4.69) is 12.2 Å². The van der Waals surface area contributed by atoms with Crippen LogP contribution in [-0.2, 0) is 9.84 Å². The maximum atomic E-state index is 11.4. The van der Waals surface area contributed by atoms with Gasteiger partial charge in [-0.2, -0.15) is 0 Å². The van der Waals surface area contributed by atoms with Crippen molar-refractivity contribution in [3.8, 4) is 0 Å². The number of sulfone groups is 1. The minimum Gasteiger partial charge on any atom is -0.313 e. The molecule has 3 nitrogen and oxygen atoms in total. The Morgan fingerprint density at radius 1 is 1.12 bits per heavy atom. The third kappa shape index (κ3) is 7.04. The molecule has 0 aliphatic carbocycles. The lowest BCUT2D eigenvalue weighted by Gasteiger charge is -2.23. The second kappa shape index (κ2) is 8.09. The molecule has 1 saturated heterocycles. The van der Waals surface area contributed by atoms with Crippen molar-refractivity contribution in [2.45, 2.75) is 64.3 Å². The monoisotopic (exact) mass is 261 g/mol. The van der Waals surface area contributed by atoms with Crippen LogP contribution < -0.4 is 5.32 Å². The Bertz CT molecular complexity index is 288. The third-order valence-corrected chi connectivity index (χ3v) is 5.25. The minimum atomic E-state index is -2.75. The molecule has 0 aromatic heterocycles. The van der Waals surface area contributed by atoms with Crippen LogP contribution in [0.3, 0.4) is 0 Å². The summed E-state index contributed by atoms with van der Waals surface area (Å²) in [7, 11) is -2.75. The molecule has 102 valence electrons. The van der Waals surface area contributed by atoms with Gasteiger partial charge in [0.2, 0.25) is 0 Å². The fraction of sp³-hybridized carbons (Fsp3) is 1.00. The normalized spacial score (nSPS) is 23.7. The van der Waals surface area contributed by atoms with Gasteiger partial charge in [-0.25, -0.2) is 8.42 Å². The van der Waals surface area contributed by atoms with Crippen molar-refractivity contribution in [1.29, 1.82) is 0 Å². The number of rotatable bonds is 8. The largest absolute Gasteiger partial charge is 0.313 e. The van der Waals surface area contributed by atoms with Gasteiger partial charge >= 0.3 is 0 Å². The van der Waals surface area contributed by atoms with Gasteiger partial charge in [0.15, 0.2) is 9.84 Å². The molecule has 0 saturated carbocycles. The van der Waals surface area contributed by atoms with E-state index >= 15 is 0 Å². The topological polar surface area (TPSA) is 46.2 Å². The fourth-order valence-electron chi connectivity index (χ4n) is 2.40. The first-order chi connectivity index (χ1) is 8.14. The first-order valence-corrected chi connectivity index (χ1v) is 8.90. The molecular weight excluding hydrogens is 234 g/mol. The van der Waals surface area contributed by atoms with Crippen molar-refractivity contribution in [2.24, 2.45) is 0 Å². The van der Waals surface area contributed by atoms with Crippen LogP contribution in [0.15, 0.2) is 0 Å². The van der Waals surface area contributed by atoms with Gasteiger partial charge in [0.25, 0.3) is 0 Å². The molecule has 1 aliphatic rings. The average molecular weight is 261 g/mol. The summed E-state index contributed by atoms with van der Waals surface area (Å²) < 4.78 is 22.9. The smallest absolute Gasteiger partial charge is 0.151 e. The van der Waals surface area contributed by atoms with E-state index in [0.717, 1.165) is 19.4 Å².